The third kappa shape index (κ3) is 9.05. The molecule has 0 aromatic carbocycles. The van der Waals surface area contributed by atoms with Gasteiger partial charge in [-0.3, -0.25) is 4.79 Å². The smallest absolute Gasteiger partial charge is 0.407 e. The zero-order valence-electron chi connectivity index (χ0n) is 15.0. The fourth-order valence-corrected chi connectivity index (χ4v) is 2.26. The highest BCUT2D eigenvalue weighted by atomic mass is 16.6. The first-order chi connectivity index (χ1) is 11.3. The number of rotatable bonds is 10. The van der Waals surface area contributed by atoms with Crippen LogP contribution in [0.5, 0.6) is 0 Å². The van der Waals surface area contributed by atoms with Crippen LogP contribution in [0.15, 0.2) is 0 Å². The van der Waals surface area contributed by atoms with Gasteiger partial charge in [-0.2, -0.15) is 0 Å². The molecule has 0 radical (unpaired) electrons. The van der Waals surface area contributed by atoms with Crippen LogP contribution in [0.2, 0.25) is 0 Å². The van der Waals surface area contributed by atoms with Gasteiger partial charge in [-0.15, -0.1) is 0 Å². The normalized spacial score (nSPS) is 18.1. The number of nitrogens with one attached hydrogen (secondary N) is 1. The van der Waals surface area contributed by atoms with Crippen molar-refractivity contribution in [3.8, 4) is 0 Å². The summed E-state index contributed by atoms with van der Waals surface area (Å²) in [5.41, 5.74) is 5.08. The average Bonchev–Trinajstić information content (AvgIpc) is 2.84. The van der Waals surface area contributed by atoms with E-state index >= 15 is 0 Å². The molecule has 140 valence electrons. The molecular formula is C16H31N3O5. The van der Waals surface area contributed by atoms with Gasteiger partial charge in [0.15, 0.2) is 0 Å². The van der Waals surface area contributed by atoms with Crippen LogP contribution in [-0.4, -0.2) is 75.1 Å². The molecule has 8 nitrogen and oxygen atoms in total. The highest BCUT2D eigenvalue weighted by molar-refractivity contribution is 5.78. The molecule has 1 aliphatic rings. The highest BCUT2D eigenvalue weighted by Gasteiger charge is 2.27. The summed E-state index contributed by atoms with van der Waals surface area (Å²) in [6, 6.07) is 0. The van der Waals surface area contributed by atoms with Crippen molar-refractivity contribution in [3.63, 3.8) is 0 Å². The lowest BCUT2D eigenvalue weighted by Gasteiger charge is -2.19. The van der Waals surface area contributed by atoms with Gasteiger partial charge in [-0.1, -0.05) is 0 Å². The number of hydrogen-bond donors (Lipinski definition) is 2. The van der Waals surface area contributed by atoms with E-state index in [4.69, 9.17) is 19.9 Å². The number of ether oxygens (including phenoxy) is 3. The maximum Gasteiger partial charge on any atom is 0.407 e. The SMILES string of the molecule is CC(C)(C)OC(=O)NCCOCCOCCN1CC(CN)CC1=O. The molecule has 0 spiro atoms. The first-order valence-corrected chi connectivity index (χ1v) is 8.42. The summed E-state index contributed by atoms with van der Waals surface area (Å²) in [4.78, 5) is 24.8. The summed E-state index contributed by atoms with van der Waals surface area (Å²) in [5, 5.41) is 2.61. The second-order valence-electron chi connectivity index (χ2n) is 6.80. The van der Waals surface area contributed by atoms with E-state index in [2.05, 4.69) is 5.32 Å². The molecule has 0 aromatic rings. The molecule has 24 heavy (non-hydrogen) atoms. The van der Waals surface area contributed by atoms with Gasteiger partial charge in [-0.25, -0.2) is 4.79 Å². The van der Waals surface area contributed by atoms with E-state index in [1.54, 1.807) is 4.90 Å². The van der Waals surface area contributed by atoms with E-state index in [-0.39, 0.29) is 11.8 Å². The fraction of sp³-hybridized carbons (Fsp3) is 0.875. The van der Waals surface area contributed by atoms with Crippen molar-refractivity contribution in [1.82, 2.24) is 10.2 Å². The van der Waals surface area contributed by atoms with Crippen molar-refractivity contribution in [2.75, 3.05) is 52.6 Å². The lowest BCUT2D eigenvalue weighted by Crippen LogP contribution is -2.34. The van der Waals surface area contributed by atoms with Crippen molar-refractivity contribution in [1.29, 1.82) is 0 Å². The van der Waals surface area contributed by atoms with Crippen molar-refractivity contribution < 1.29 is 23.8 Å². The minimum Gasteiger partial charge on any atom is -0.444 e. The number of nitrogens with zero attached hydrogens (tertiary/aromatic N) is 1. The Hall–Kier alpha value is -1.38. The van der Waals surface area contributed by atoms with Gasteiger partial charge in [0.05, 0.1) is 26.4 Å². The number of nitrogens with two attached hydrogens (primary N) is 1. The van der Waals surface area contributed by atoms with E-state index < -0.39 is 11.7 Å². The van der Waals surface area contributed by atoms with Gasteiger partial charge in [0.1, 0.15) is 5.60 Å². The number of likely N-dealkylation sites (tertiary alicyclic amines) is 1. The van der Waals surface area contributed by atoms with Crippen LogP contribution in [0.4, 0.5) is 4.79 Å². The van der Waals surface area contributed by atoms with Crippen LogP contribution in [0, 0.1) is 5.92 Å². The molecular weight excluding hydrogens is 314 g/mol. The molecule has 0 saturated carbocycles. The maximum absolute atomic E-state index is 11.7. The first kappa shape index (κ1) is 20.7. The van der Waals surface area contributed by atoms with E-state index in [1.807, 2.05) is 20.8 Å². The molecule has 1 atom stereocenters. The Morgan fingerprint density at radius 3 is 2.50 bits per heavy atom. The minimum atomic E-state index is -0.500. The molecule has 0 bridgehead atoms. The highest BCUT2D eigenvalue weighted by Crippen LogP contribution is 2.15. The molecule has 2 amide bonds. The average molecular weight is 345 g/mol. The first-order valence-electron chi connectivity index (χ1n) is 8.42. The van der Waals surface area contributed by atoms with Gasteiger partial charge in [-0.05, 0) is 33.2 Å². The van der Waals surface area contributed by atoms with Crippen LogP contribution in [0.1, 0.15) is 27.2 Å². The standard InChI is InChI=1S/C16H31N3O5/c1-16(2,3)24-15(21)18-4-6-22-8-9-23-7-5-19-12-13(11-17)10-14(19)20/h13H,4-12,17H2,1-3H3,(H,18,21). The van der Waals surface area contributed by atoms with Crippen LogP contribution in [0.3, 0.4) is 0 Å². The van der Waals surface area contributed by atoms with Gasteiger partial charge >= 0.3 is 6.09 Å². The monoisotopic (exact) mass is 345 g/mol. The number of amides is 2. The molecule has 8 heteroatoms. The number of alkyl carbamates (subject to hydrolysis) is 1. The third-order valence-corrected chi connectivity index (χ3v) is 3.42. The summed E-state index contributed by atoms with van der Waals surface area (Å²) in [6.45, 7) is 9.47. The predicted octanol–water partition coefficient (Wildman–Crippen LogP) is 0.352. The fourth-order valence-electron chi connectivity index (χ4n) is 2.26. The summed E-state index contributed by atoms with van der Waals surface area (Å²) in [6.07, 6.45) is 0.0953. The Morgan fingerprint density at radius 1 is 1.25 bits per heavy atom. The zero-order chi connectivity index (χ0) is 18.0. The third-order valence-electron chi connectivity index (χ3n) is 3.42. The Balaban J connectivity index is 1.91. The molecule has 1 heterocycles. The molecule has 1 fully saturated rings. The molecule has 1 unspecified atom stereocenters. The predicted molar refractivity (Wildman–Crippen MR) is 89.6 cm³/mol. The van der Waals surface area contributed by atoms with Gasteiger partial charge in [0.2, 0.25) is 5.91 Å². The van der Waals surface area contributed by atoms with Crippen molar-refractivity contribution >= 4 is 12.0 Å². The topological polar surface area (TPSA) is 103 Å². The summed E-state index contributed by atoms with van der Waals surface area (Å²) in [7, 11) is 0. The van der Waals surface area contributed by atoms with E-state index in [0.717, 1.165) is 6.54 Å². The largest absolute Gasteiger partial charge is 0.444 e. The summed E-state index contributed by atoms with van der Waals surface area (Å²) >= 11 is 0. The molecule has 1 rings (SSSR count). The van der Waals surface area contributed by atoms with Crippen LogP contribution in [-0.2, 0) is 19.0 Å². The Bertz CT molecular complexity index is 398. The van der Waals surface area contributed by atoms with Gasteiger partial charge < -0.3 is 30.2 Å². The Labute approximate surface area is 144 Å². The Kier molecular flexibility index (Phi) is 9.02. The van der Waals surface area contributed by atoms with Gasteiger partial charge in [0, 0.05) is 26.1 Å². The molecule has 1 saturated heterocycles. The lowest BCUT2D eigenvalue weighted by molar-refractivity contribution is -0.128. The van der Waals surface area contributed by atoms with Crippen molar-refractivity contribution in [2.45, 2.75) is 32.8 Å². The lowest BCUT2D eigenvalue weighted by atomic mass is 10.1. The second kappa shape index (κ2) is 10.5. The van der Waals surface area contributed by atoms with Crippen LogP contribution >= 0.6 is 0 Å². The number of carbonyl (C=O) groups is 2. The zero-order valence-corrected chi connectivity index (χ0v) is 15.0. The van der Waals surface area contributed by atoms with E-state index in [1.165, 1.54) is 0 Å². The second-order valence-corrected chi connectivity index (χ2v) is 6.80. The van der Waals surface area contributed by atoms with Crippen molar-refractivity contribution in [2.24, 2.45) is 11.7 Å². The van der Waals surface area contributed by atoms with Crippen LogP contribution < -0.4 is 11.1 Å². The van der Waals surface area contributed by atoms with Crippen LogP contribution in [0.25, 0.3) is 0 Å². The summed E-state index contributed by atoms with van der Waals surface area (Å²) < 4.78 is 15.9. The Morgan fingerprint density at radius 2 is 1.92 bits per heavy atom. The number of carbonyl (C=O) groups excluding carboxylic acids is 2. The maximum atomic E-state index is 11.7. The van der Waals surface area contributed by atoms with Gasteiger partial charge in [0.25, 0.3) is 0 Å². The molecule has 0 aromatic heterocycles. The molecule has 0 aliphatic carbocycles. The minimum absolute atomic E-state index is 0.151. The van der Waals surface area contributed by atoms with Crippen molar-refractivity contribution in [3.05, 3.63) is 0 Å². The van der Waals surface area contributed by atoms with E-state index in [0.29, 0.717) is 52.5 Å². The number of hydrogen-bond acceptors (Lipinski definition) is 6. The van der Waals surface area contributed by atoms with E-state index in [9.17, 15) is 9.59 Å². The summed E-state index contributed by atoms with van der Waals surface area (Å²) in [5.74, 6) is 0.428. The quantitative estimate of drug-likeness (QED) is 0.554. The molecule has 3 N–H and O–H groups in total. The molecule has 1 aliphatic heterocycles.